The summed E-state index contributed by atoms with van der Waals surface area (Å²) in [6.07, 6.45) is 10.9. The number of aryl methyl sites for hydroxylation is 1. The van der Waals surface area contributed by atoms with Crippen LogP contribution in [0.4, 0.5) is 5.00 Å². The number of nitrogens with zero attached hydrogens (tertiary/aromatic N) is 4. The van der Waals surface area contributed by atoms with Gasteiger partial charge in [0.05, 0.1) is 5.56 Å². The van der Waals surface area contributed by atoms with Gasteiger partial charge < -0.3 is 5.32 Å². The van der Waals surface area contributed by atoms with Gasteiger partial charge in [0.15, 0.2) is 17.8 Å². The summed E-state index contributed by atoms with van der Waals surface area (Å²) in [5.74, 6) is 0.132. The Morgan fingerprint density at radius 1 is 1.04 bits per heavy atom. The summed E-state index contributed by atoms with van der Waals surface area (Å²) in [5, 5.41) is 3.59. The number of nitrogens with one attached hydrogen (secondary N) is 1. The Labute approximate surface area is 153 Å². The maximum absolute atomic E-state index is 12.7. The average molecular weight is 365 g/mol. The highest BCUT2D eigenvalue weighted by molar-refractivity contribution is 7.17. The summed E-state index contributed by atoms with van der Waals surface area (Å²) in [5.41, 5.74) is 2.10. The van der Waals surface area contributed by atoms with Gasteiger partial charge in [0.2, 0.25) is 0 Å². The fourth-order valence-electron chi connectivity index (χ4n) is 3.09. The molecular weight excluding hydrogens is 350 g/mol. The summed E-state index contributed by atoms with van der Waals surface area (Å²) in [7, 11) is 0. The zero-order chi connectivity index (χ0) is 17.9. The first-order valence-electron chi connectivity index (χ1n) is 8.27. The average Bonchev–Trinajstić information content (AvgIpc) is 3.06. The normalized spacial score (nSPS) is 13.1. The number of aromatic nitrogens is 4. The molecule has 8 heteroatoms. The number of carbonyl (C=O) groups excluding carboxylic acids is 2. The van der Waals surface area contributed by atoms with E-state index in [1.807, 2.05) is 0 Å². The lowest BCUT2D eigenvalue weighted by Gasteiger charge is -2.12. The Hall–Kier alpha value is -3.00. The van der Waals surface area contributed by atoms with E-state index in [0.29, 0.717) is 17.1 Å². The molecule has 3 aromatic heterocycles. The first-order valence-corrected chi connectivity index (χ1v) is 9.09. The van der Waals surface area contributed by atoms with E-state index in [9.17, 15) is 9.59 Å². The molecule has 0 saturated carbocycles. The van der Waals surface area contributed by atoms with Crippen molar-refractivity contribution in [2.75, 3.05) is 5.32 Å². The number of amides is 1. The quantitative estimate of drug-likeness (QED) is 0.714. The van der Waals surface area contributed by atoms with Crippen LogP contribution in [-0.4, -0.2) is 32.1 Å². The van der Waals surface area contributed by atoms with Crippen LogP contribution in [0.15, 0.2) is 30.9 Å². The molecule has 1 N–H and O–H groups in total. The van der Waals surface area contributed by atoms with E-state index in [2.05, 4.69) is 25.3 Å². The monoisotopic (exact) mass is 365 g/mol. The third-order valence-corrected chi connectivity index (χ3v) is 5.45. The Morgan fingerprint density at radius 3 is 2.62 bits per heavy atom. The number of carbonyl (C=O) groups is 2. The third kappa shape index (κ3) is 2.99. The van der Waals surface area contributed by atoms with Crippen LogP contribution in [0.25, 0.3) is 11.4 Å². The van der Waals surface area contributed by atoms with E-state index < -0.39 is 5.91 Å². The van der Waals surface area contributed by atoms with Crippen LogP contribution in [0.3, 0.4) is 0 Å². The predicted octanol–water partition coefficient (Wildman–Crippen LogP) is 2.94. The zero-order valence-corrected chi connectivity index (χ0v) is 14.6. The molecule has 0 saturated heterocycles. The Balaban J connectivity index is 1.76. The number of thiophene rings is 1. The molecule has 7 nitrogen and oxygen atoms in total. The number of fused-ring (bicyclic) bond motifs is 1. The van der Waals surface area contributed by atoms with Gasteiger partial charge in [-0.05, 0) is 37.3 Å². The van der Waals surface area contributed by atoms with Crippen LogP contribution >= 0.6 is 11.3 Å². The van der Waals surface area contributed by atoms with Gasteiger partial charge in [-0.15, -0.1) is 11.3 Å². The van der Waals surface area contributed by atoms with Gasteiger partial charge in [0.1, 0.15) is 10.7 Å². The molecule has 0 bridgehead atoms. The highest BCUT2D eigenvalue weighted by Gasteiger charge is 2.25. The minimum absolute atomic E-state index is 0.00815. The molecule has 1 aliphatic rings. The van der Waals surface area contributed by atoms with Crippen molar-refractivity contribution in [3.63, 3.8) is 0 Å². The number of rotatable bonds is 4. The molecule has 0 spiro atoms. The molecule has 0 aliphatic heterocycles. The lowest BCUT2D eigenvalue weighted by molar-refractivity contribution is 0.101. The van der Waals surface area contributed by atoms with Crippen molar-refractivity contribution in [2.45, 2.75) is 25.7 Å². The molecular formula is C18H15N5O2S. The number of hydrogen-bond acceptors (Lipinski definition) is 7. The van der Waals surface area contributed by atoms with Crippen molar-refractivity contribution in [1.29, 1.82) is 0 Å². The van der Waals surface area contributed by atoms with Gasteiger partial charge in [-0.25, -0.2) is 19.9 Å². The standard InChI is InChI=1S/C18H15N5O2S/c24-10-12-15(20-9-8-19-12)17(25)23-18-14(16-21-6-3-7-22-16)11-4-1-2-5-13(11)26-18/h3,6-10H,1-2,4-5H2,(H,23,25). The molecule has 130 valence electrons. The molecule has 0 radical (unpaired) electrons. The fraction of sp³-hybridized carbons (Fsp3) is 0.222. The SMILES string of the molecule is O=Cc1nccnc1C(=O)Nc1sc2c(c1-c1ncccn1)CCCC2. The summed E-state index contributed by atoms with van der Waals surface area (Å²) < 4.78 is 0. The van der Waals surface area contributed by atoms with Gasteiger partial charge >= 0.3 is 0 Å². The Morgan fingerprint density at radius 2 is 1.81 bits per heavy atom. The maximum Gasteiger partial charge on any atom is 0.277 e. The second-order valence-electron chi connectivity index (χ2n) is 5.85. The molecule has 3 heterocycles. The van der Waals surface area contributed by atoms with Crippen LogP contribution in [0.5, 0.6) is 0 Å². The van der Waals surface area contributed by atoms with E-state index in [-0.39, 0.29) is 11.4 Å². The lowest BCUT2D eigenvalue weighted by Crippen LogP contribution is -2.16. The van der Waals surface area contributed by atoms with Gasteiger partial charge in [-0.1, -0.05) is 0 Å². The van der Waals surface area contributed by atoms with Crippen molar-refractivity contribution >= 4 is 28.5 Å². The summed E-state index contributed by atoms with van der Waals surface area (Å²) in [6, 6.07) is 1.76. The second kappa shape index (κ2) is 7.09. The molecule has 26 heavy (non-hydrogen) atoms. The van der Waals surface area contributed by atoms with Crippen molar-refractivity contribution in [2.24, 2.45) is 0 Å². The summed E-state index contributed by atoms with van der Waals surface area (Å²) in [6.45, 7) is 0. The molecule has 0 aromatic carbocycles. The van der Waals surface area contributed by atoms with Gasteiger partial charge in [0, 0.05) is 29.7 Å². The molecule has 4 rings (SSSR count). The zero-order valence-electron chi connectivity index (χ0n) is 13.8. The van der Waals surface area contributed by atoms with Gasteiger partial charge in [-0.2, -0.15) is 0 Å². The highest BCUT2D eigenvalue weighted by Crippen LogP contribution is 2.43. The first-order chi connectivity index (χ1) is 12.8. The Bertz CT molecular complexity index is 971. The molecule has 0 fully saturated rings. The van der Waals surface area contributed by atoms with Gasteiger partial charge in [0.25, 0.3) is 5.91 Å². The molecule has 0 unspecified atom stereocenters. The Kier molecular flexibility index (Phi) is 4.49. The number of anilines is 1. The summed E-state index contributed by atoms with van der Waals surface area (Å²) in [4.78, 5) is 41.7. The lowest BCUT2D eigenvalue weighted by atomic mass is 9.95. The van der Waals surface area contributed by atoms with Crippen LogP contribution in [0, 0.1) is 0 Å². The van der Waals surface area contributed by atoms with Gasteiger partial charge in [-0.3, -0.25) is 9.59 Å². The van der Waals surface area contributed by atoms with Crippen LogP contribution in [-0.2, 0) is 12.8 Å². The van der Waals surface area contributed by atoms with E-state index in [1.54, 1.807) is 29.8 Å². The summed E-state index contributed by atoms with van der Waals surface area (Å²) >= 11 is 1.54. The molecule has 1 aliphatic carbocycles. The topological polar surface area (TPSA) is 97.7 Å². The van der Waals surface area contributed by atoms with E-state index >= 15 is 0 Å². The minimum atomic E-state index is -0.462. The first kappa shape index (κ1) is 16.5. The number of aldehydes is 1. The maximum atomic E-state index is 12.7. The number of hydrogen-bond donors (Lipinski definition) is 1. The van der Waals surface area contributed by atoms with Crippen molar-refractivity contribution in [3.05, 3.63) is 52.7 Å². The van der Waals surface area contributed by atoms with Crippen LogP contribution in [0.1, 0.15) is 44.3 Å². The smallest absolute Gasteiger partial charge is 0.277 e. The van der Waals surface area contributed by atoms with Crippen molar-refractivity contribution in [3.8, 4) is 11.4 Å². The van der Waals surface area contributed by atoms with E-state index in [1.165, 1.54) is 22.8 Å². The van der Waals surface area contributed by atoms with E-state index in [0.717, 1.165) is 31.2 Å². The molecule has 0 atom stereocenters. The van der Waals surface area contributed by atoms with Crippen molar-refractivity contribution < 1.29 is 9.59 Å². The highest BCUT2D eigenvalue weighted by atomic mass is 32.1. The van der Waals surface area contributed by atoms with E-state index in [4.69, 9.17) is 0 Å². The van der Waals surface area contributed by atoms with Crippen molar-refractivity contribution in [1.82, 2.24) is 19.9 Å². The predicted molar refractivity (Wildman–Crippen MR) is 97.4 cm³/mol. The largest absolute Gasteiger partial charge is 0.312 e. The van der Waals surface area contributed by atoms with Crippen LogP contribution < -0.4 is 5.32 Å². The molecule has 3 aromatic rings. The third-order valence-electron chi connectivity index (χ3n) is 4.24. The second-order valence-corrected chi connectivity index (χ2v) is 6.95. The molecule has 1 amide bonds. The van der Waals surface area contributed by atoms with Crippen LogP contribution in [0.2, 0.25) is 0 Å². The fourth-order valence-corrected chi connectivity index (χ4v) is 4.37. The minimum Gasteiger partial charge on any atom is -0.312 e.